The molecule has 4 atom stereocenters. The summed E-state index contributed by atoms with van der Waals surface area (Å²) in [7, 11) is 1.28. The van der Waals surface area contributed by atoms with Crippen molar-refractivity contribution in [2.45, 2.75) is 31.3 Å². The first kappa shape index (κ1) is 13.5. The summed E-state index contributed by atoms with van der Waals surface area (Å²) in [6, 6.07) is 0. The molecule has 0 aliphatic heterocycles. The first-order chi connectivity index (χ1) is 6.45. The molecule has 84 valence electrons. The van der Waals surface area contributed by atoms with Gasteiger partial charge in [0.15, 0.2) is 5.78 Å². The maximum atomic E-state index is 11.2. The van der Waals surface area contributed by atoms with Gasteiger partial charge in [0.2, 0.25) is 0 Å². The van der Waals surface area contributed by atoms with E-state index in [0.29, 0.717) is 0 Å². The van der Waals surface area contributed by atoms with Gasteiger partial charge in [-0.3, -0.25) is 4.79 Å². The van der Waals surface area contributed by atoms with Gasteiger partial charge in [-0.1, -0.05) is 0 Å². The molecule has 0 heterocycles. The van der Waals surface area contributed by atoms with Crippen LogP contribution < -0.4 is 0 Å². The number of hydrogen-bond donors (Lipinski definition) is 4. The van der Waals surface area contributed by atoms with Crippen molar-refractivity contribution in [3.63, 3.8) is 0 Å². The number of carbonyl (C=O) groups excluding carboxylic acids is 1. The Morgan fingerprint density at radius 2 is 1.86 bits per heavy atom. The molecule has 0 bridgehead atoms. The molecular weight excluding hydrogens is 192 g/mol. The van der Waals surface area contributed by atoms with Crippen LogP contribution in [0.4, 0.5) is 0 Å². The van der Waals surface area contributed by atoms with Crippen molar-refractivity contribution >= 4 is 5.78 Å². The standard InChI is InChI=1S/C8H16O6/c1-4(14-2)6(11)8(13)7(12)5(10)3-9/h4-5,7-10,12-13H,3H2,1-2H3. The van der Waals surface area contributed by atoms with E-state index >= 15 is 0 Å². The third-order valence-corrected chi connectivity index (χ3v) is 1.95. The van der Waals surface area contributed by atoms with Crippen LogP contribution in [0.5, 0.6) is 0 Å². The lowest BCUT2D eigenvalue weighted by Gasteiger charge is -2.22. The van der Waals surface area contributed by atoms with Gasteiger partial charge in [-0.2, -0.15) is 0 Å². The molecule has 0 rings (SSSR count). The summed E-state index contributed by atoms with van der Waals surface area (Å²) in [6.07, 6.45) is -5.87. The van der Waals surface area contributed by atoms with E-state index in [0.717, 1.165) is 0 Å². The molecule has 0 aromatic carbocycles. The van der Waals surface area contributed by atoms with Crippen LogP contribution in [0.25, 0.3) is 0 Å². The highest BCUT2D eigenvalue weighted by Gasteiger charge is 2.32. The molecule has 4 N–H and O–H groups in total. The third-order valence-electron chi connectivity index (χ3n) is 1.95. The number of ether oxygens (including phenoxy) is 1. The summed E-state index contributed by atoms with van der Waals surface area (Å²) >= 11 is 0. The maximum Gasteiger partial charge on any atom is 0.192 e. The number of aliphatic hydroxyl groups is 4. The fraction of sp³-hybridized carbons (Fsp3) is 0.875. The Balaban J connectivity index is 4.30. The zero-order chi connectivity index (χ0) is 11.3. The van der Waals surface area contributed by atoms with E-state index in [1.54, 1.807) is 0 Å². The highest BCUT2D eigenvalue weighted by Crippen LogP contribution is 2.05. The lowest BCUT2D eigenvalue weighted by molar-refractivity contribution is -0.148. The zero-order valence-corrected chi connectivity index (χ0v) is 8.12. The molecule has 0 aromatic rings. The van der Waals surface area contributed by atoms with Crippen molar-refractivity contribution in [2.24, 2.45) is 0 Å². The van der Waals surface area contributed by atoms with Gasteiger partial charge in [-0.25, -0.2) is 0 Å². The summed E-state index contributed by atoms with van der Waals surface area (Å²) in [5.74, 6) is -0.743. The van der Waals surface area contributed by atoms with Crippen molar-refractivity contribution < 1.29 is 30.0 Å². The van der Waals surface area contributed by atoms with E-state index in [1.807, 2.05) is 0 Å². The summed E-state index contributed by atoms with van der Waals surface area (Å²) in [5.41, 5.74) is 0. The van der Waals surface area contributed by atoms with Gasteiger partial charge in [0.25, 0.3) is 0 Å². The molecule has 0 amide bonds. The first-order valence-corrected chi connectivity index (χ1v) is 4.17. The van der Waals surface area contributed by atoms with Crippen molar-refractivity contribution in [1.29, 1.82) is 0 Å². The second kappa shape index (κ2) is 6.05. The number of aliphatic hydroxyl groups excluding tert-OH is 4. The lowest BCUT2D eigenvalue weighted by Crippen LogP contribution is -2.47. The van der Waals surface area contributed by atoms with Crippen LogP contribution in [-0.4, -0.2) is 64.3 Å². The fourth-order valence-electron chi connectivity index (χ4n) is 0.843. The molecule has 0 aliphatic rings. The highest BCUT2D eigenvalue weighted by molar-refractivity contribution is 5.87. The topological polar surface area (TPSA) is 107 Å². The van der Waals surface area contributed by atoms with Crippen LogP contribution >= 0.6 is 0 Å². The Hall–Kier alpha value is -0.530. The largest absolute Gasteiger partial charge is 0.394 e. The van der Waals surface area contributed by atoms with Crippen molar-refractivity contribution in [3.8, 4) is 0 Å². The molecule has 6 nitrogen and oxygen atoms in total. The molecule has 0 radical (unpaired) electrons. The van der Waals surface area contributed by atoms with Crippen LogP contribution in [0.3, 0.4) is 0 Å². The number of methoxy groups -OCH3 is 1. The summed E-state index contributed by atoms with van der Waals surface area (Å²) < 4.78 is 4.63. The minimum Gasteiger partial charge on any atom is -0.394 e. The Bertz CT molecular complexity index is 183. The third kappa shape index (κ3) is 3.32. The van der Waals surface area contributed by atoms with E-state index in [2.05, 4.69) is 4.74 Å². The van der Waals surface area contributed by atoms with E-state index in [-0.39, 0.29) is 0 Å². The summed E-state index contributed by atoms with van der Waals surface area (Å²) in [4.78, 5) is 11.2. The summed E-state index contributed by atoms with van der Waals surface area (Å²) in [5, 5.41) is 35.8. The molecule has 0 saturated carbocycles. The highest BCUT2D eigenvalue weighted by atomic mass is 16.5. The van der Waals surface area contributed by atoms with Gasteiger partial charge in [-0.15, -0.1) is 0 Å². The quantitative estimate of drug-likeness (QED) is 0.390. The number of rotatable bonds is 6. The van der Waals surface area contributed by atoms with Crippen LogP contribution in [0.1, 0.15) is 6.92 Å². The predicted molar refractivity (Wildman–Crippen MR) is 46.6 cm³/mol. The van der Waals surface area contributed by atoms with Crippen LogP contribution in [-0.2, 0) is 9.53 Å². The Morgan fingerprint density at radius 1 is 1.36 bits per heavy atom. The van der Waals surface area contributed by atoms with E-state index in [1.165, 1.54) is 14.0 Å². The zero-order valence-electron chi connectivity index (χ0n) is 8.12. The number of ketones is 1. The summed E-state index contributed by atoms with van der Waals surface area (Å²) in [6.45, 7) is 0.677. The lowest BCUT2D eigenvalue weighted by atomic mass is 10.0. The Labute approximate surface area is 81.7 Å². The van der Waals surface area contributed by atoms with E-state index in [4.69, 9.17) is 15.3 Å². The molecule has 0 aromatic heterocycles. The molecule has 4 unspecified atom stereocenters. The molecule has 0 fully saturated rings. The average molecular weight is 208 g/mol. The van der Waals surface area contributed by atoms with E-state index < -0.39 is 36.8 Å². The Morgan fingerprint density at radius 3 is 2.21 bits per heavy atom. The fourth-order valence-corrected chi connectivity index (χ4v) is 0.843. The molecule has 0 aliphatic carbocycles. The smallest absolute Gasteiger partial charge is 0.192 e. The van der Waals surface area contributed by atoms with Gasteiger partial charge in [0.05, 0.1) is 6.61 Å². The molecule has 6 heteroatoms. The van der Waals surface area contributed by atoms with Gasteiger partial charge in [0.1, 0.15) is 24.4 Å². The normalized spacial score (nSPS) is 19.9. The predicted octanol–water partition coefficient (Wildman–Crippen LogP) is -2.33. The van der Waals surface area contributed by atoms with E-state index in [9.17, 15) is 9.90 Å². The maximum absolute atomic E-state index is 11.2. The molecule has 14 heavy (non-hydrogen) atoms. The van der Waals surface area contributed by atoms with Crippen LogP contribution in [0, 0.1) is 0 Å². The number of hydrogen-bond acceptors (Lipinski definition) is 6. The van der Waals surface area contributed by atoms with Crippen molar-refractivity contribution in [1.82, 2.24) is 0 Å². The Kier molecular flexibility index (Phi) is 5.82. The second-order valence-electron chi connectivity index (χ2n) is 2.97. The second-order valence-corrected chi connectivity index (χ2v) is 2.97. The number of carbonyl (C=O) groups is 1. The minimum atomic E-state index is -1.76. The van der Waals surface area contributed by atoms with Crippen LogP contribution in [0.15, 0.2) is 0 Å². The monoisotopic (exact) mass is 208 g/mol. The average Bonchev–Trinajstić information content (AvgIpc) is 2.23. The van der Waals surface area contributed by atoms with Gasteiger partial charge in [0, 0.05) is 7.11 Å². The minimum absolute atomic E-state index is 0.729. The number of Topliss-reactive ketones (excluding diaryl/α,β-unsaturated/α-hetero) is 1. The van der Waals surface area contributed by atoms with Crippen molar-refractivity contribution in [3.05, 3.63) is 0 Å². The van der Waals surface area contributed by atoms with Crippen molar-refractivity contribution in [2.75, 3.05) is 13.7 Å². The molecule has 0 saturated heterocycles. The molecular formula is C8H16O6. The SMILES string of the molecule is COC(C)C(=O)C(O)C(O)C(O)CO. The van der Waals surface area contributed by atoms with Gasteiger partial charge < -0.3 is 25.2 Å². The molecule has 0 spiro atoms. The first-order valence-electron chi connectivity index (χ1n) is 4.17. The van der Waals surface area contributed by atoms with Crippen LogP contribution in [0.2, 0.25) is 0 Å². The van der Waals surface area contributed by atoms with Gasteiger partial charge in [-0.05, 0) is 6.92 Å². The van der Waals surface area contributed by atoms with Gasteiger partial charge >= 0.3 is 0 Å².